The highest BCUT2D eigenvalue weighted by Gasteiger charge is 2.37. The van der Waals surface area contributed by atoms with Crippen LogP contribution < -0.4 is 10.4 Å². The molecule has 0 saturated carbocycles. The third kappa shape index (κ3) is 3.96. The zero-order valence-corrected chi connectivity index (χ0v) is 21.1. The molecular formula is C30H6F10N4. The minimum Gasteiger partial charge on any atom is -0.203 e. The van der Waals surface area contributed by atoms with Crippen LogP contribution in [-0.2, 0) is 12.8 Å². The lowest BCUT2D eigenvalue weighted by Gasteiger charge is -2.11. The Morgan fingerprint density at radius 2 is 0.864 bits per heavy atom. The van der Waals surface area contributed by atoms with Gasteiger partial charge in [-0.1, -0.05) is 0 Å². The topological polar surface area (TPSA) is 56.3 Å². The molecule has 2 aliphatic rings. The van der Waals surface area contributed by atoms with E-state index in [9.17, 15) is 36.9 Å². The van der Waals surface area contributed by atoms with Crippen LogP contribution in [-0.4, -0.2) is 0 Å². The number of rotatable bonds is 2. The van der Waals surface area contributed by atoms with Crippen LogP contribution >= 0.6 is 0 Å². The second-order valence-electron chi connectivity index (χ2n) is 9.26. The summed E-state index contributed by atoms with van der Waals surface area (Å²) in [5.41, 5.74) is -6.42. The normalized spacial score (nSPS) is 13.2. The summed E-state index contributed by atoms with van der Waals surface area (Å²) in [6.07, 6.45) is -1.17. The van der Waals surface area contributed by atoms with Gasteiger partial charge in [0.2, 0.25) is 11.6 Å². The predicted octanol–water partition coefficient (Wildman–Crippen LogP) is 5.98. The fraction of sp³-hybridized carbons (Fsp3) is 0.0667. The van der Waals surface area contributed by atoms with E-state index in [1.54, 1.807) is 0 Å². The average Bonchev–Trinajstić information content (AvgIpc) is 3.55. The van der Waals surface area contributed by atoms with E-state index in [1.165, 1.54) is 12.1 Å². The van der Waals surface area contributed by atoms with Crippen LogP contribution in [0.15, 0.2) is 34.7 Å². The first-order valence-corrected chi connectivity index (χ1v) is 11.8. The van der Waals surface area contributed by atoms with Crippen molar-refractivity contribution in [3.05, 3.63) is 148 Å². The van der Waals surface area contributed by atoms with E-state index >= 15 is 17.6 Å². The summed E-state index contributed by atoms with van der Waals surface area (Å²) in [5.74, 6) is -24.3. The highest BCUT2D eigenvalue weighted by Crippen LogP contribution is 2.39. The van der Waals surface area contributed by atoms with Gasteiger partial charge in [-0.15, -0.1) is 0 Å². The third-order valence-corrected chi connectivity index (χ3v) is 7.13. The summed E-state index contributed by atoms with van der Waals surface area (Å²) < 4.78 is 145. The molecule has 0 aromatic heterocycles. The maximum Gasteiger partial charge on any atom is 0.523 e. The molecule has 0 spiro atoms. The molecule has 0 radical (unpaired) electrons. The van der Waals surface area contributed by atoms with Crippen LogP contribution in [0.5, 0.6) is 0 Å². The second kappa shape index (κ2) is 10.4. The molecule has 0 N–H and O–H groups in total. The van der Waals surface area contributed by atoms with E-state index in [-0.39, 0.29) is 21.6 Å². The van der Waals surface area contributed by atoms with E-state index in [4.69, 9.17) is 13.1 Å². The quantitative estimate of drug-likeness (QED) is 0.118. The lowest BCUT2D eigenvalue weighted by atomic mass is 9.94. The van der Waals surface area contributed by atoms with Gasteiger partial charge in [0.1, 0.15) is 30.9 Å². The summed E-state index contributed by atoms with van der Waals surface area (Å²) in [5, 5.41) is 18.4. The van der Waals surface area contributed by atoms with Crippen LogP contribution in [0.3, 0.4) is 0 Å². The van der Waals surface area contributed by atoms with Gasteiger partial charge >= 0.3 is 5.82 Å². The molecule has 0 unspecified atom stereocenters. The van der Waals surface area contributed by atoms with Crippen LogP contribution in [0.1, 0.15) is 22.3 Å². The Kier molecular flexibility index (Phi) is 7.03. The zero-order valence-electron chi connectivity index (χ0n) is 21.1. The fourth-order valence-corrected chi connectivity index (χ4v) is 5.27. The maximum absolute atomic E-state index is 15.0. The van der Waals surface area contributed by atoms with Crippen molar-refractivity contribution in [1.82, 2.24) is 0 Å². The Bertz CT molecular complexity index is 2020. The molecular weight excluding hydrogens is 606 g/mol. The second-order valence-corrected chi connectivity index (χ2v) is 9.26. The number of nitrogens with zero attached hydrogens (tertiary/aromatic N) is 4. The summed E-state index contributed by atoms with van der Waals surface area (Å²) in [7, 11) is 0. The monoisotopic (exact) mass is 612 g/mol. The lowest BCUT2D eigenvalue weighted by Crippen LogP contribution is -2.19. The summed E-state index contributed by atoms with van der Waals surface area (Å²) in [4.78, 5) is 5.93. The molecule has 0 heterocycles. The molecule has 3 aromatic rings. The Morgan fingerprint density at radius 3 is 1.20 bits per heavy atom. The van der Waals surface area contributed by atoms with E-state index in [1.807, 2.05) is 0 Å². The molecule has 44 heavy (non-hydrogen) atoms. The summed E-state index contributed by atoms with van der Waals surface area (Å²) >= 11 is 0. The van der Waals surface area contributed by atoms with Gasteiger partial charge in [0.15, 0.2) is 46.5 Å². The number of halogens is 10. The standard InChI is InChI=1S/C30H6F10N4/c1-43-30(44-2)15-6-10-4-12-9(3-13(10)17(15)19-22(33)26(37)29(40)27(38)23(19)34)5-14(11(7-41)8-42)16(12)18-20(31)24(35)28(39)25(36)21(18)32/h3-4H,5-6H2. The van der Waals surface area contributed by atoms with Crippen molar-refractivity contribution < 1.29 is 43.9 Å². The van der Waals surface area contributed by atoms with Crippen LogP contribution in [0.4, 0.5) is 43.9 Å². The predicted molar refractivity (Wildman–Crippen MR) is 129 cm³/mol. The molecule has 0 amide bonds. The number of nitriles is 2. The molecule has 0 saturated heterocycles. The number of hydrogen-bond donors (Lipinski definition) is 0. The molecule has 0 aliphatic heterocycles. The minimum atomic E-state index is -2.48. The van der Waals surface area contributed by atoms with Crippen LogP contribution in [0, 0.1) is 94.0 Å². The van der Waals surface area contributed by atoms with Gasteiger partial charge in [-0.2, -0.15) is 20.2 Å². The molecule has 0 bridgehead atoms. The zero-order chi connectivity index (χ0) is 32.4. The maximum atomic E-state index is 15.0. The minimum absolute atomic E-state index is 0.111. The average molecular weight is 612 g/mol. The van der Waals surface area contributed by atoms with Crippen molar-refractivity contribution in [2.75, 3.05) is 0 Å². The molecule has 14 heteroatoms. The molecule has 4 nitrogen and oxygen atoms in total. The number of allylic oxidation sites excluding steroid dienone is 3. The molecule has 216 valence electrons. The van der Waals surface area contributed by atoms with Gasteiger partial charge in [0.05, 0.1) is 16.7 Å². The molecule has 0 fully saturated rings. The van der Waals surface area contributed by atoms with E-state index in [0.29, 0.717) is 0 Å². The number of benzene rings is 3. The van der Waals surface area contributed by atoms with Crippen LogP contribution in [0.2, 0.25) is 0 Å². The molecule has 3 aromatic carbocycles. The Morgan fingerprint density at radius 1 is 0.545 bits per heavy atom. The van der Waals surface area contributed by atoms with Crippen molar-refractivity contribution in [2.24, 2.45) is 0 Å². The first-order valence-electron chi connectivity index (χ1n) is 11.8. The van der Waals surface area contributed by atoms with Gasteiger partial charge in [0, 0.05) is 12.0 Å². The molecule has 0 atom stereocenters. The van der Waals surface area contributed by atoms with Crippen LogP contribution in [0.25, 0.3) is 20.8 Å². The van der Waals surface area contributed by atoms with Crippen molar-refractivity contribution >= 4 is 11.1 Å². The Labute approximate surface area is 239 Å². The highest BCUT2D eigenvalue weighted by molar-refractivity contribution is 5.89. The first kappa shape index (κ1) is 29.6. The van der Waals surface area contributed by atoms with Gasteiger partial charge in [-0.25, -0.2) is 43.9 Å². The van der Waals surface area contributed by atoms with Gasteiger partial charge in [-0.05, 0) is 51.3 Å². The van der Waals surface area contributed by atoms with E-state index < -0.39 is 116 Å². The Hall–Kier alpha value is -5.86. The van der Waals surface area contributed by atoms with Crippen molar-refractivity contribution in [3.8, 4) is 12.1 Å². The van der Waals surface area contributed by atoms with Gasteiger partial charge in [-0.3, -0.25) is 0 Å². The molecule has 5 rings (SSSR count). The lowest BCUT2D eigenvalue weighted by molar-refractivity contribution is 0.376. The third-order valence-electron chi connectivity index (χ3n) is 7.13. The van der Waals surface area contributed by atoms with Crippen molar-refractivity contribution in [2.45, 2.75) is 12.8 Å². The molecule has 2 aliphatic carbocycles. The fourth-order valence-electron chi connectivity index (χ4n) is 5.27. The largest absolute Gasteiger partial charge is 0.523 e. The van der Waals surface area contributed by atoms with Gasteiger partial charge < -0.3 is 0 Å². The van der Waals surface area contributed by atoms with Crippen molar-refractivity contribution in [1.29, 1.82) is 10.5 Å². The summed E-state index contributed by atoms with van der Waals surface area (Å²) in [6, 6.07) is 4.99. The Balaban J connectivity index is 2.03. The van der Waals surface area contributed by atoms with Crippen molar-refractivity contribution in [3.63, 3.8) is 0 Å². The first-order chi connectivity index (χ1) is 20.8. The number of hydrogen-bond acceptors (Lipinski definition) is 2. The van der Waals surface area contributed by atoms with E-state index in [0.717, 1.165) is 12.1 Å². The smallest absolute Gasteiger partial charge is 0.203 e. The summed E-state index contributed by atoms with van der Waals surface area (Å²) in [6.45, 7) is 14.6. The highest BCUT2D eigenvalue weighted by atomic mass is 19.2. The van der Waals surface area contributed by atoms with Gasteiger partial charge in [0.25, 0.3) is 0 Å². The number of fused-ring (bicyclic) bond motifs is 2. The van der Waals surface area contributed by atoms with E-state index in [2.05, 4.69) is 9.69 Å². The SMILES string of the molecule is [C-]#[N+]C([N+]#[C-])=C1Cc2cc3c(cc2=C1c1c(F)c(F)c(F)c(F)c1F)CC(=C(C#N)C#N)C=3c1c(F)c(F)c(F)c(F)c1F.